The van der Waals surface area contributed by atoms with E-state index in [4.69, 9.17) is 46.4 Å². The first-order valence-electron chi connectivity index (χ1n) is 4.49. The molecule has 6 heteroatoms. The second-order valence-electron chi connectivity index (χ2n) is 4.20. The molecular weight excluding hydrogens is 282 g/mol. The molecule has 0 amide bonds. The summed E-state index contributed by atoms with van der Waals surface area (Å²) in [6.45, 7) is 6.04. The van der Waals surface area contributed by atoms with Gasteiger partial charge in [0.2, 0.25) is 0 Å². The fraction of sp³-hybridized carbons (Fsp3) is 1.00. The molecule has 0 aliphatic heterocycles. The van der Waals surface area contributed by atoms with Crippen molar-refractivity contribution in [1.29, 1.82) is 0 Å². The van der Waals surface area contributed by atoms with Gasteiger partial charge in [0.05, 0.1) is 16.2 Å². The second-order valence-corrected chi connectivity index (χ2v) is 6.67. The van der Waals surface area contributed by atoms with E-state index in [1.807, 2.05) is 0 Å². The standard InChI is InChI=1S/C9H16Cl4O2/c1-5(10)8(12,14)7(3,4)9(13,15)6(2)11/h5-6,14-15H,1-4H3. The fourth-order valence-electron chi connectivity index (χ4n) is 1.24. The predicted molar refractivity (Wildman–Crippen MR) is 66.0 cm³/mol. The Morgan fingerprint density at radius 2 is 1.07 bits per heavy atom. The molecule has 0 saturated heterocycles. The lowest BCUT2D eigenvalue weighted by atomic mass is 9.77. The smallest absolute Gasteiger partial charge is 0.163 e. The molecule has 0 aromatic carbocycles. The molecule has 0 bridgehead atoms. The Morgan fingerprint density at radius 3 is 1.20 bits per heavy atom. The minimum Gasteiger partial charge on any atom is -0.373 e. The van der Waals surface area contributed by atoms with Crippen molar-refractivity contribution < 1.29 is 10.2 Å². The van der Waals surface area contributed by atoms with E-state index in [0.717, 1.165) is 0 Å². The van der Waals surface area contributed by atoms with Crippen LogP contribution >= 0.6 is 46.4 Å². The third-order valence-electron chi connectivity index (χ3n) is 2.81. The minimum absolute atomic E-state index is 0.796. The van der Waals surface area contributed by atoms with E-state index in [-0.39, 0.29) is 0 Å². The van der Waals surface area contributed by atoms with Crippen LogP contribution in [-0.2, 0) is 0 Å². The first-order chi connectivity index (χ1) is 6.39. The van der Waals surface area contributed by atoms with E-state index in [2.05, 4.69) is 0 Å². The normalized spacial score (nSPS) is 25.2. The number of alkyl halides is 4. The van der Waals surface area contributed by atoms with Gasteiger partial charge in [-0.3, -0.25) is 0 Å². The molecule has 0 spiro atoms. The topological polar surface area (TPSA) is 40.5 Å². The second kappa shape index (κ2) is 4.75. The molecule has 0 aliphatic rings. The summed E-state index contributed by atoms with van der Waals surface area (Å²) in [6, 6.07) is 0. The van der Waals surface area contributed by atoms with Gasteiger partial charge in [-0.1, -0.05) is 37.0 Å². The maximum absolute atomic E-state index is 10.0. The highest BCUT2D eigenvalue weighted by molar-refractivity contribution is 6.35. The SMILES string of the molecule is CC(Cl)C(O)(Cl)C(C)(C)C(O)(Cl)C(C)Cl. The van der Waals surface area contributed by atoms with E-state index >= 15 is 0 Å². The first kappa shape index (κ1) is 16.1. The summed E-state index contributed by atoms with van der Waals surface area (Å²) < 4.78 is 0. The molecule has 2 N–H and O–H groups in total. The third-order valence-corrected chi connectivity index (χ3v) is 5.26. The third kappa shape index (κ3) is 2.67. The van der Waals surface area contributed by atoms with Gasteiger partial charge >= 0.3 is 0 Å². The average Bonchev–Trinajstić information content (AvgIpc) is 2.02. The summed E-state index contributed by atoms with van der Waals surface area (Å²) in [5, 5.41) is 14.7. The summed E-state index contributed by atoms with van der Waals surface area (Å²) in [5.74, 6) is 0. The number of halogens is 4. The van der Waals surface area contributed by atoms with Crippen molar-refractivity contribution >= 4 is 46.4 Å². The minimum atomic E-state index is -1.87. The molecule has 92 valence electrons. The van der Waals surface area contributed by atoms with Crippen molar-refractivity contribution in [2.24, 2.45) is 5.41 Å². The molecule has 0 saturated carbocycles. The van der Waals surface area contributed by atoms with Gasteiger partial charge in [0.15, 0.2) is 10.1 Å². The zero-order valence-electron chi connectivity index (χ0n) is 9.06. The number of rotatable bonds is 4. The van der Waals surface area contributed by atoms with Crippen LogP contribution in [0.15, 0.2) is 0 Å². The lowest BCUT2D eigenvalue weighted by molar-refractivity contribution is -0.0961. The molecule has 4 unspecified atom stereocenters. The molecule has 0 fully saturated rings. The maximum Gasteiger partial charge on any atom is 0.163 e. The van der Waals surface area contributed by atoms with Crippen molar-refractivity contribution in [2.75, 3.05) is 0 Å². The van der Waals surface area contributed by atoms with E-state index in [1.165, 1.54) is 27.7 Å². The summed E-state index contributed by atoms with van der Waals surface area (Å²) >= 11 is 23.4. The monoisotopic (exact) mass is 296 g/mol. The van der Waals surface area contributed by atoms with Crippen LogP contribution in [-0.4, -0.2) is 31.1 Å². The van der Waals surface area contributed by atoms with Crippen molar-refractivity contribution in [3.63, 3.8) is 0 Å². The van der Waals surface area contributed by atoms with Crippen molar-refractivity contribution in [3.05, 3.63) is 0 Å². The van der Waals surface area contributed by atoms with E-state index < -0.39 is 26.3 Å². The molecule has 4 atom stereocenters. The van der Waals surface area contributed by atoms with E-state index in [9.17, 15) is 10.2 Å². The fourth-order valence-corrected chi connectivity index (χ4v) is 2.12. The van der Waals surface area contributed by atoms with Crippen LogP contribution in [0, 0.1) is 5.41 Å². The van der Waals surface area contributed by atoms with Gasteiger partial charge in [0.1, 0.15) is 0 Å². The highest BCUT2D eigenvalue weighted by Gasteiger charge is 2.59. The molecule has 0 aromatic rings. The zero-order chi connectivity index (χ0) is 12.7. The Hall–Kier alpha value is 1.08. The molecule has 0 rings (SSSR count). The van der Waals surface area contributed by atoms with E-state index in [0.29, 0.717) is 0 Å². The van der Waals surface area contributed by atoms with Crippen LogP contribution in [0.1, 0.15) is 27.7 Å². The molecule has 2 nitrogen and oxygen atoms in total. The number of aliphatic hydroxyl groups is 2. The van der Waals surface area contributed by atoms with Gasteiger partial charge in [-0.15, -0.1) is 23.2 Å². The maximum atomic E-state index is 10.0. The van der Waals surface area contributed by atoms with Gasteiger partial charge < -0.3 is 10.2 Å². The molecule has 0 heterocycles. The molecular formula is C9H16Cl4O2. The highest BCUT2D eigenvalue weighted by atomic mass is 35.5. The lowest BCUT2D eigenvalue weighted by Gasteiger charge is -2.48. The Morgan fingerprint density at radius 1 is 0.867 bits per heavy atom. The quantitative estimate of drug-likeness (QED) is 0.783. The largest absolute Gasteiger partial charge is 0.373 e. The van der Waals surface area contributed by atoms with Gasteiger partial charge in [-0.2, -0.15) is 0 Å². The van der Waals surface area contributed by atoms with Crippen LogP contribution in [0.5, 0.6) is 0 Å². The molecule has 0 radical (unpaired) electrons. The predicted octanol–water partition coefficient (Wildman–Crippen LogP) is 3.12. The Kier molecular flexibility index (Phi) is 5.10. The van der Waals surface area contributed by atoms with Gasteiger partial charge in [0, 0.05) is 0 Å². The van der Waals surface area contributed by atoms with Crippen LogP contribution in [0.3, 0.4) is 0 Å². The van der Waals surface area contributed by atoms with Crippen LogP contribution in [0.25, 0.3) is 0 Å². The van der Waals surface area contributed by atoms with Crippen LogP contribution in [0.4, 0.5) is 0 Å². The summed E-state index contributed by atoms with van der Waals surface area (Å²) in [4.78, 5) is 0. The average molecular weight is 298 g/mol. The Labute approximate surface area is 110 Å². The van der Waals surface area contributed by atoms with Gasteiger partial charge in [-0.05, 0) is 13.8 Å². The van der Waals surface area contributed by atoms with Crippen molar-refractivity contribution in [1.82, 2.24) is 0 Å². The Bertz CT molecular complexity index is 202. The van der Waals surface area contributed by atoms with Gasteiger partial charge in [-0.25, -0.2) is 0 Å². The summed E-state index contributed by atoms with van der Waals surface area (Å²) in [5.41, 5.74) is -1.29. The molecule has 0 aliphatic carbocycles. The summed E-state index contributed by atoms with van der Waals surface area (Å²) in [6.07, 6.45) is 0. The lowest BCUT2D eigenvalue weighted by Crippen LogP contribution is -2.59. The van der Waals surface area contributed by atoms with Crippen molar-refractivity contribution in [2.45, 2.75) is 48.6 Å². The van der Waals surface area contributed by atoms with Crippen LogP contribution in [0.2, 0.25) is 0 Å². The number of hydrogen-bond acceptors (Lipinski definition) is 2. The summed E-state index contributed by atoms with van der Waals surface area (Å²) in [7, 11) is 0. The van der Waals surface area contributed by atoms with Crippen molar-refractivity contribution in [3.8, 4) is 0 Å². The molecule has 0 aromatic heterocycles. The van der Waals surface area contributed by atoms with E-state index in [1.54, 1.807) is 0 Å². The highest BCUT2D eigenvalue weighted by Crippen LogP contribution is 2.51. The Balaban J connectivity index is 5.30. The molecule has 15 heavy (non-hydrogen) atoms. The van der Waals surface area contributed by atoms with Crippen LogP contribution < -0.4 is 0 Å². The number of hydrogen-bond donors (Lipinski definition) is 2. The van der Waals surface area contributed by atoms with Gasteiger partial charge in [0.25, 0.3) is 0 Å². The first-order valence-corrected chi connectivity index (χ1v) is 6.12. The zero-order valence-corrected chi connectivity index (χ0v) is 12.1.